The third-order valence-corrected chi connectivity index (χ3v) is 5.26. The number of ketones is 1. The summed E-state index contributed by atoms with van der Waals surface area (Å²) in [4.78, 5) is 51.9. The molecule has 2 atom stereocenters. The van der Waals surface area contributed by atoms with Crippen LogP contribution in [-0.4, -0.2) is 55.6 Å². The summed E-state index contributed by atoms with van der Waals surface area (Å²) in [5.41, 5.74) is 1.35. The second-order valence-corrected chi connectivity index (χ2v) is 7.25. The van der Waals surface area contributed by atoms with Crippen molar-refractivity contribution in [1.82, 2.24) is 4.90 Å². The van der Waals surface area contributed by atoms with E-state index in [1.807, 2.05) is 12.1 Å². The monoisotopic (exact) mass is 449 g/mol. The van der Waals surface area contributed by atoms with Crippen molar-refractivity contribution in [2.45, 2.75) is 18.5 Å². The lowest BCUT2D eigenvalue weighted by Gasteiger charge is -2.33. The van der Waals surface area contributed by atoms with Gasteiger partial charge in [0.2, 0.25) is 5.78 Å². The minimum absolute atomic E-state index is 0.00169. The van der Waals surface area contributed by atoms with E-state index < -0.39 is 48.2 Å². The van der Waals surface area contributed by atoms with Crippen LogP contribution in [-0.2, 0) is 28.6 Å². The van der Waals surface area contributed by atoms with E-state index in [0.717, 1.165) is 19.8 Å². The highest BCUT2D eigenvalue weighted by atomic mass is 16.6. The molecule has 1 aliphatic heterocycles. The maximum Gasteiger partial charge on any atom is 0.410 e. The summed E-state index contributed by atoms with van der Waals surface area (Å²) in [7, 11) is 2.23. The maximum atomic E-state index is 12.8. The van der Waals surface area contributed by atoms with Crippen LogP contribution in [0.4, 0.5) is 4.79 Å². The molecule has 0 aliphatic carbocycles. The molecule has 0 saturated carbocycles. The van der Waals surface area contributed by atoms with Gasteiger partial charge < -0.3 is 14.2 Å². The molecule has 1 heterocycles. The molecule has 3 rings (SSSR count). The second-order valence-electron chi connectivity index (χ2n) is 7.25. The van der Waals surface area contributed by atoms with E-state index >= 15 is 0 Å². The number of cyclic esters (lactones) is 1. The first-order valence-corrected chi connectivity index (χ1v) is 10.2. The zero-order valence-electron chi connectivity index (χ0n) is 18.2. The van der Waals surface area contributed by atoms with Gasteiger partial charge in [-0.2, -0.15) is 0 Å². The van der Waals surface area contributed by atoms with Crippen LogP contribution >= 0.6 is 0 Å². The standard InChI is InChI=1S/C25H23NO7/c1-31-23(28)22(24(29)32-2)20(15-19(27)14-13-17-9-5-3-6-10-17)26-21(16-33-25(26)30)18-11-7-4-8-12-18/h3-12,20-22H,15-16H2,1-2H3/t20-,21-/m0/s1. The van der Waals surface area contributed by atoms with Crippen LogP contribution in [0.25, 0.3) is 0 Å². The highest BCUT2D eigenvalue weighted by Gasteiger charge is 2.48. The van der Waals surface area contributed by atoms with Crippen LogP contribution in [0.3, 0.4) is 0 Å². The average molecular weight is 449 g/mol. The zero-order valence-corrected chi connectivity index (χ0v) is 18.2. The van der Waals surface area contributed by atoms with Gasteiger partial charge in [-0.05, 0) is 23.6 Å². The van der Waals surface area contributed by atoms with Crippen LogP contribution < -0.4 is 0 Å². The summed E-state index contributed by atoms with van der Waals surface area (Å²) in [6.45, 7) is -0.00169. The van der Waals surface area contributed by atoms with Crippen molar-refractivity contribution in [3.63, 3.8) is 0 Å². The maximum absolute atomic E-state index is 12.8. The number of carbonyl (C=O) groups is 4. The highest BCUT2D eigenvalue weighted by molar-refractivity contribution is 6.00. The first-order chi connectivity index (χ1) is 16.0. The van der Waals surface area contributed by atoms with Crippen LogP contribution in [0.1, 0.15) is 23.6 Å². The third-order valence-electron chi connectivity index (χ3n) is 5.26. The van der Waals surface area contributed by atoms with Gasteiger partial charge in [-0.3, -0.25) is 19.3 Å². The fraction of sp³-hybridized carbons (Fsp3) is 0.280. The Morgan fingerprint density at radius 2 is 1.58 bits per heavy atom. The van der Waals surface area contributed by atoms with E-state index in [1.165, 1.54) is 4.90 Å². The summed E-state index contributed by atoms with van der Waals surface area (Å²) in [6, 6.07) is 16.0. The predicted octanol–water partition coefficient (Wildman–Crippen LogP) is 2.52. The topological polar surface area (TPSA) is 99.2 Å². The molecular formula is C25H23NO7. The number of benzene rings is 2. The average Bonchev–Trinajstić information content (AvgIpc) is 3.24. The van der Waals surface area contributed by atoms with E-state index in [0.29, 0.717) is 5.56 Å². The normalized spacial score (nSPS) is 15.8. The summed E-state index contributed by atoms with van der Waals surface area (Å²) < 4.78 is 14.8. The van der Waals surface area contributed by atoms with Crippen LogP contribution in [0, 0.1) is 17.8 Å². The lowest BCUT2D eigenvalue weighted by atomic mass is 9.91. The van der Waals surface area contributed by atoms with Crippen LogP contribution in [0.2, 0.25) is 0 Å². The number of hydrogen-bond donors (Lipinski definition) is 0. The number of hydrogen-bond acceptors (Lipinski definition) is 7. The van der Waals surface area contributed by atoms with Crippen LogP contribution in [0.15, 0.2) is 60.7 Å². The number of esters is 2. The first-order valence-electron chi connectivity index (χ1n) is 10.2. The Kier molecular flexibility index (Phi) is 7.82. The molecule has 170 valence electrons. The molecule has 2 aromatic carbocycles. The minimum atomic E-state index is -1.56. The summed E-state index contributed by atoms with van der Waals surface area (Å²) in [5, 5.41) is 0. The lowest BCUT2D eigenvalue weighted by Crippen LogP contribution is -2.50. The molecule has 0 unspecified atom stereocenters. The molecule has 33 heavy (non-hydrogen) atoms. The molecule has 1 amide bonds. The number of rotatable bonds is 7. The van der Waals surface area contributed by atoms with E-state index in [4.69, 9.17) is 14.2 Å². The van der Waals surface area contributed by atoms with Crippen LogP contribution in [0.5, 0.6) is 0 Å². The van der Waals surface area contributed by atoms with E-state index in [2.05, 4.69) is 11.8 Å². The van der Waals surface area contributed by atoms with Gasteiger partial charge in [0.1, 0.15) is 6.61 Å². The number of nitrogens with zero attached hydrogens (tertiary/aromatic N) is 1. The molecule has 0 radical (unpaired) electrons. The summed E-state index contributed by atoms with van der Waals surface area (Å²) >= 11 is 0. The Balaban J connectivity index is 1.99. The molecule has 2 aromatic rings. The number of ether oxygens (including phenoxy) is 3. The fourth-order valence-corrected chi connectivity index (χ4v) is 3.68. The Morgan fingerprint density at radius 1 is 1.00 bits per heavy atom. The first kappa shape index (κ1) is 23.5. The molecule has 0 spiro atoms. The van der Waals surface area contributed by atoms with Gasteiger partial charge >= 0.3 is 18.0 Å². The van der Waals surface area contributed by atoms with Crippen molar-refractivity contribution in [1.29, 1.82) is 0 Å². The number of Topliss-reactive ketones (excluding diaryl/α,β-unsaturated/α-hetero) is 1. The van der Waals surface area contributed by atoms with Gasteiger partial charge in [-0.25, -0.2) is 4.79 Å². The Bertz CT molecular complexity index is 1060. The molecule has 0 aromatic heterocycles. The second kappa shape index (κ2) is 11.0. The van der Waals surface area contributed by atoms with Gasteiger partial charge in [-0.1, -0.05) is 54.5 Å². The van der Waals surface area contributed by atoms with Crippen molar-refractivity contribution in [3.8, 4) is 11.8 Å². The van der Waals surface area contributed by atoms with Gasteiger partial charge in [0.05, 0.1) is 26.3 Å². The quantitative estimate of drug-likeness (QED) is 0.277. The van der Waals surface area contributed by atoms with Crippen molar-refractivity contribution in [2.75, 3.05) is 20.8 Å². The van der Waals surface area contributed by atoms with Gasteiger partial charge in [0.25, 0.3) is 0 Å². The molecular weight excluding hydrogens is 426 g/mol. The van der Waals surface area contributed by atoms with E-state index in [1.54, 1.807) is 48.5 Å². The largest absolute Gasteiger partial charge is 0.468 e. The SMILES string of the molecule is COC(=O)C(C(=O)OC)[C@H](CC(=O)C#Cc1ccccc1)N1C(=O)OC[C@H]1c1ccccc1. The molecule has 0 bridgehead atoms. The van der Waals surface area contributed by atoms with Gasteiger partial charge in [-0.15, -0.1) is 0 Å². The number of methoxy groups -OCH3 is 2. The minimum Gasteiger partial charge on any atom is -0.468 e. The third kappa shape index (κ3) is 5.57. The molecule has 0 N–H and O–H groups in total. The molecule has 8 nitrogen and oxygen atoms in total. The fourth-order valence-electron chi connectivity index (χ4n) is 3.68. The van der Waals surface area contributed by atoms with Crippen molar-refractivity contribution < 1.29 is 33.4 Å². The smallest absolute Gasteiger partial charge is 0.410 e. The van der Waals surface area contributed by atoms with Crippen molar-refractivity contribution in [3.05, 3.63) is 71.8 Å². The number of carbonyl (C=O) groups excluding carboxylic acids is 4. The lowest BCUT2D eigenvalue weighted by molar-refractivity contribution is -0.162. The Morgan fingerprint density at radius 3 is 2.15 bits per heavy atom. The van der Waals surface area contributed by atoms with Crippen molar-refractivity contribution in [2.24, 2.45) is 5.92 Å². The number of amides is 1. The molecule has 1 fully saturated rings. The Labute approximate surface area is 191 Å². The summed E-state index contributed by atoms with van der Waals surface area (Å²) in [6.07, 6.45) is -1.15. The predicted molar refractivity (Wildman–Crippen MR) is 117 cm³/mol. The zero-order chi connectivity index (χ0) is 23.8. The van der Waals surface area contributed by atoms with Gasteiger partial charge in [0, 0.05) is 12.0 Å². The van der Waals surface area contributed by atoms with Crippen molar-refractivity contribution >= 4 is 23.8 Å². The summed E-state index contributed by atoms with van der Waals surface area (Å²) in [5.74, 6) is 1.30. The highest BCUT2D eigenvalue weighted by Crippen LogP contribution is 2.34. The Hall–Kier alpha value is -4.12. The molecule has 1 saturated heterocycles. The molecule has 8 heteroatoms. The van der Waals surface area contributed by atoms with Gasteiger partial charge in [0.15, 0.2) is 5.92 Å². The van der Waals surface area contributed by atoms with E-state index in [9.17, 15) is 19.2 Å². The molecule has 1 aliphatic rings. The van der Waals surface area contributed by atoms with E-state index in [-0.39, 0.29) is 6.61 Å².